The summed E-state index contributed by atoms with van der Waals surface area (Å²) in [6.07, 6.45) is 3.14. The number of nitrogens with one attached hydrogen (secondary N) is 1. The van der Waals surface area contributed by atoms with E-state index in [1.807, 2.05) is 0 Å². The minimum Gasteiger partial charge on any atom is -0.480 e. The lowest BCUT2D eigenvalue weighted by Crippen LogP contribution is -2.40. The third kappa shape index (κ3) is 4.70. The van der Waals surface area contributed by atoms with Crippen LogP contribution in [-0.4, -0.2) is 60.3 Å². The Kier molecular flexibility index (Phi) is 6.66. The third-order valence-electron chi connectivity index (χ3n) is 4.62. The molecule has 0 spiro atoms. The number of hydrogen-bond acceptors (Lipinski definition) is 6. The molecule has 0 bridgehead atoms. The molecule has 0 aromatic carbocycles. The number of rotatable bonds is 6. The first-order valence-corrected chi connectivity index (χ1v) is 9.38. The van der Waals surface area contributed by atoms with Crippen LogP contribution in [0.1, 0.15) is 15.9 Å². The van der Waals surface area contributed by atoms with Gasteiger partial charge in [0.1, 0.15) is 11.3 Å². The topological polar surface area (TPSA) is 85.7 Å². The summed E-state index contributed by atoms with van der Waals surface area (Å²) in [7, 11) is 1.44. The summed E-state index contributed by atoms with van der Waals surface area (Å²) < 4.78 is 12.0. The van der Waals surface area contributed by atoms with Crippen molar-refractivity contribution in [3.05, 3.63) is 51.0 Å². The Hall–Kier alpha value is -2.42. The van der Waals surface area contributed by atoms with E-state index in [9.17, 15) is 9.59 Å². The Morgan fingerprint density at radius 3 is 2.82 bits per heavy atom. The van der Waals surface area contributed by atoms with Gasteiger partial charge in [-0.3, -0.25) is 14.5 Å². The van der Waals surface area contributed by atoms with Gasteiger partial charge in [-0.15, -0.1) is 0 Å². The van der Waals surface area contributed by atoms with E-state index in [4.69, 9.17) is 21.1 Å². The van der Waals surface area contributed by atoms with Crippen LogP contribution < -0.4 is 15.6 Å². The Bertz CT molecular complexity index is 909. The number of aryl methyl sites for hydroxylation is 1. The highest BCUT2D eigenvalue weighted by Gasteiger charge is 2.19. The quantitative estimate of drug-likeness (QED) is 0.787. The second-order valence-electron chi connectivity index (χ2n) is 6.49. The van der Waals surface area contributed by atoms with Crippen LogP contribution in [0.15, 0.2) is 29.3 Å². The number of aromatic nitrogens is 2. The van der Waals surface area contributed by atoms with E-state index < -0.39 is 5.91 Å². The number of nitrogens with zero attached hydrogens (tertiary/aromatic N) is 3. The number of carbonyl (C=O) groups excluding carboxylic acids is 1. The Labute approximate surface area is 168 Å². The number of methoxy groups -OCH3 is 1. The van der Waals surface area contributed by atoms with E-state index in [2.05, 4.69) is 15.2 Å². The second-order valence-corrected chi connectivity index (χ2v) is 6.93. The van der Waals surface area contributed by atoms with Gasteiger partial charge >= 0.3 is 0 Å². The van der Waals surface area contributed by atoms with Crippen molar-refractivity contribution in [3.8, 4) is 5.88 Å². The largest absolute Gasteiger partial charge is 0.480 e. The van der Waals surface area contributed by atoms with Crippen LogP contribution in [0, 0.1) is 6.92 Å². The number of amides is 1. The van der Waals surface area contributed by atoms with Crippen molar-refractivity contribution in [2.24, 2.45) is 0 Å². The molecule has 150 valence electrons. The van der Waals surface area contributed by atoms with E-state index in [1.165, 1.54) is 19.4 Å². The average Bonchev–Trinajstić information content (AvgIpc) is 2.68. The van der Waals surface area contributed by atoms with Gasteiger partial charge in [0, 0.05) is 38.6 Å². The van der Waals surface area contributed by atoms with Crippen LogP contribution in [0.3, 0.4) is 0 Å². The fourth-order valence-electron chi connectivity index (χ4n) is 3.06. The Balaban J connectivity index is 1.80. The van der Waals surface area contributed by atoms with Gasteiger partial charge in [-0.1, -0.05) is 11.6 Å². The molecule has 0 radical (unpaired) electrons. The number of ether oxygens (including phenoxy) is 2. The standard InChI is InChI=1S/C19H23ClN4O4/c1-13-3-4-24(6-5-23-7-9-28-10-8-23)19(26)16(13)17(25)22-15-11-14(20)12-21-18(15)27-2/h3-4,11-12H,5-10H2,1-2H3,(H,22,25). The zero-order chi connectivity index (χ0) is 20.1. The van der Waals surface area contributed by atoms with Gasteiger partial charge in [0.05, 0.1) is 25.3 Å². The fraction of sp³-hybridized carbons (Fsp3) is 0.421. The maximum atomic E-state index is 12.9. The van der Waals surface area contributed by atoms with Gasteiger partial charge in [0.15, 0.2) is 0 Å². The molecule has 0 unspecified atom stereocenters. The number of anilines is 1. The predicted molar refractivity (Wildman–Crippen MR) is 106 cm³/mol. The molecule has 1 aliphatic heterocycles. The van der Waals surface area contributed by atoms with Crippen molar-refractivity contribution in [2.45, 2.75) is 13.5 Å². The fourth-order valence-corrected chi connectivity index (χ4v) is 3.21. The predicted octanol–water partition coefficient (Wildman–Crippen LogP) is 1.80. The molecule has 1 aliphatic rings. The van der Waals surface area contributed by atoms with E-state index in [0.29, 0.717) is 36.0 Å². The van der Waals surface area contributed by atoms with Crippen LogP contribution >= 0.6 is 11.6 Å². The molecule has 1 fully saturated rings. The SMILES string of the molecule is COc1ncc(Cl)cc1NC(=O)c1c(C)ccn(CCN2CCOCC2)c1=O. The molecule has 0 aliphatic carbocycles. The van der Waals surface area contributed by atoms with E-state index in [1.54, 1.807) is 23.8 Å². The van der Waals surface area contributed by atoms with Crippen molar-refractivity contribution < 1.29 is 14.3 Å². The molecule has 1 N–H and O–H groups in total. The summed E-state index contributed by atoms with van der Waals surface area (Å²) in [4.78, 5) is 32.0. The number of morpholine rings is 1. The normalized spacial score (nSPS) is 14.7. The number of pyridine rings is 2. The van der Waals surface area contributed by atoms with E-state index >= 15 is 0 Å². The number of carbonyl (C=O) groups is 1. The highest BCUT2D eigenvalue weighted by Crippen LogP contribution is 2.25. The molecule has 28 heavy (non-hydrogen) atoms. The smallest absolute Gasteiger partial charge is 0.263 e. The molecule has 1 amide bonds. The molecule has 9 heteroatoms. The monoisotopic (exact) mass is 406 g/mol. The summed E-state index contributed by atoms with van der Waals surface area (Å²) in [5.74, 6) is -0.301. The zero-order valence-corrected chi connectivity index (χ0v) is 16.7. The second kappa shape index (κ2) is 9.18. The molecule has 1 saturated heterocycles. The van der Waals surface area contributed by atoms with Gasteiger partial charge in [0.2, 0.25) is 5.88 Å². The summed E-state index contributed by atoms with van der Waals surface area (Å²) in [5, 5.41) is 3.03. The molecule has 2 aromatic rings. The van der Waals surface area contributed by atoms with Crippen LogP contribution in [-0.2, 0) is 11.3 Å². The van der Waals surface area contributed by atoms with Crippen LogP contribution in [0.2, 0.25) is 5.02 Å². The van der Waals surface area contributed by atoms with E-state index in [0.717, 1.165) is 19.6 Å². The first kappa shape index (κ1) is 20.3. The summed E-state index contributed by atoms with van der Waals surface area (Å²) >= 11 is 5.96. The molecular weight excluding hydrogens is 384 g/mol. The highest BCUT2D eigenvalue weighted by molar-refractivity contribution is 6.30. The minimum absolute atomic E-state index is 0.0894. The van der Waals surface area contributed by atoms with Crippen molar-refractivity contribution in [1.82, 2.24) is 14.5 Å². The first-order valence-electron chi connectivity index (χ1n) is 9.00. The average molecular weight is 407 g/mol. The highest BCUT2D eigenvalue weighted by atomic mass is 35.5. The van der Waals surface area contributed by atoms with Crippen molar-refractivity contribution in [1.29, 1.82) is 0 Å². The van der Waals surface area contributed by atoms with Gasteiger partial charge < -0.3 is 19.4 Å². The maximum absolute atomic E-state index is 12.9. The maximum Gasteiger partial charge on any atom is 0.263 e. The van der Waals surface area contributed by atoms with Crippen LogP contribution in [0.5, 0.6) is 5.88 Å². The van der Waals surface area contributed by atoms with Crippen molar-refractivity contribution in [2.75, 3.05) is 45.3 Å². The number of halogens is 1. The number of hydrogen-bond donors (Lipinski definition) is 1. The lowest BCUT2D eigenvalue weighted by Gasteiger charge is -2.26. The lowest BCUT2D eigenvalue weighted by molar-refractivity contribution is 0.0363. The Morgan fingerprint density at radius 1 is 1.36 bits per heavy atom. The molecular formula is C19H23ClN4O4. The van der Waals surface area contributed by atoms with Crippen LogP contribution in [0.4, 0.5) is 5.69 Å². The molecule has 3 rings (SSSR count). The third-order valence-corrected chi connectivity index (χ3v) is 4.83. The minimum atomic E-state index is -0.523. The van der Waals surface area contributed by atoms with Gasteiger partial charge in [-0.05, 0) is 24.6 Å². The van der Waals surface area contributed by atoms with E-state index in [-0.39, 0.29) is 17.0 Å². The Morgan fingerprint density at radius 2 is 2.11 bits per heavy atom. The van der Waals surface area contributed by atoms with Gasteiger partial charge in [-0.25, -0.2) is 4.98 Å². The van der Waals surface area contributed by atoms with Crippen LogP contribution in [0.25, 0.3) is 0 Å². The molecule has 3 heterocycles. The summed E-state index contributed by atoms with van der Waals surface area (Å²) in [6.45, 7) is 6.04. The molecule has 2 aromatic heterocycles. The van der Waals surface area contributed by atoms with Gasteiger partial charge in [0.25, 0.3) is 11.5 Å². The lowest BCUT2D eigenvalue weighted by atomic mass is 10.1. The summed E-state index contributed by atoms with van der Waals surface area (Å²) in [6, 6.07) is 3.30. The van der Waals surface area contributed by atoms with Gasteiger partial charge in [-0.2, -0.15) is 0 Å². The molecule has 0 saturated carbocycles. The first-order chi connectivity index (χ1) is 13.5. The van der Waals surface area contributed by atoms with Crippen molar-refractivity contribution >= 4 is 23.2 Å². The molecule has 0 atom stereocenters. The molecule has 8 nitrogen and oxygen atoms in total. The summed E-state index contributed by atoms with van der Waals surface area (Å²) in [5.41, 5.74) is 0.660. The zero-order valence-electron chi connectivity index (χ0n) is 15.9. The van der Waals surface area contributed by atoms with Crippen molar-refractivity contribution in [3.63, 3.8) is 0 Å².